The van der Waals surface area contributed by atoms with Gasteiger partial charge in [0, 0.05) is 6.20 Å². The minimum Gasteiger partial charge on any atom is -0.484 e. The Morgan fingerprint density at radius 1 is 1.37 bits per heavy atom. The van der Waals surface area contributed by atoms with Crippen LogP contribution in [-0.2, 0) is 16.1 Å². The molecule has 30 heavy (non-hydrogen) atoms. The lowest BCUT2D eigenvalue weighted by molar-refractivity contribution is -0.125. The number of hydrogen-bond acceptors (Lipinski definition) is 6. The van der Waals surface area contributed by atoms with Crippen molar-refractivity contribution in [2.24, 2.45) is 4.99 Å². The van der Waals surface area contributed by atoms with Gasteiger partial charge in [0.15, 0.2) is 11.6 Å². The minimum atomic E-state index is -0.522. The van der Waals surface area contributed by atoms with Gasteiger partial charge in [-0.1, -0.05) is 41.9 Å². The molecule has 2 aliphatic heterocycles. The van der Waals surface area contributed by atoms with Gasteiger partial charge >= 0.3 is 0 Å². The van der Waals surface area contributed by atoms with Crippen molar-refractivity contribution in [1.82, 2.24) is 10.2 Å². The van der Waals surface area contributed by atoms with E-state index in [1.807, 2.05) is 72.0 Å². The highest BCUT2D eigenvalue weighted by Gasteiger charge is 2.41. The first-order valence-electron chi connectivity index (χ1n) is 9.64. The van der Waals surface area contributed by atoms with Crippen LogP contribution < -0.4 is 5.32 Å². The number of nitrogens with one attached hydrogen (secondary N) is 1. The standard InChI is InChI=1S/C22H22ClN3O3S/c1-14-20(22(28)25-17(12-27)15-6-3-2-4-7-15)26-10-5-8-18(21(26)24-14)29-13-19-16(23)9-11-30-19/h2-11,14,17,20,27H,12-13H2,1H3,(H,25,28)/t14?,17-,20?/m0/s1. The van der Waals surface area contributed by atoms with Crippen molar-refractivity contribution in [3.63, 3.8) is 0 Å². The summed E-state index contributed by atoms with van der Waals surface area (Å²) >= 11 is 7.69. The minimum absolute atomic E-state index is 0.184. The zero-order valence-electron chi connectivity index (χ0n) is 16.4. The summed E-state index contributed by atoms with van der Waals surface area (Å²) < 4.78 is 5.96. The number of fused-ring (bicyclic) bond motifs is 1. The maximum atomic E-state index is 13.1. The van der Waals surface area contributed by atoms with Crippen molar-refractivity contribution in [1.29, 1.82) is 0 Å². The van der Waals surface area contributed by atoms with E-state index in [0.29, 0.717) is 23.2 Å². The highest BCUT2D eigenvalue weighted by molar-refractivity contribution is 7.10. The topological polar surface area (TPSA) is 74.2 Å². The summed E-state index contributed by atoms with van der Waals surface area (Å²) in [6.45, 7) is 2.05. The fraction of sp³-hybridized carbons (Fsp3) is 0.273. The average Bonchev–Trinajstić information content (AvgIpc) is 3.33. The van der Waals surface area contributed by atoms with Gasteiger partial charge in [0.25, 0.3) is 0 Å². The lowest BCUT2D eigenvalue weighted by Gasteiger charge is -2.29. The van der Waals surface area contributed by atoms with Crippen molar-refractivity contribution in [2.75, 3.05) is 6.61 Å². The molecule has 156 valence electrons. The second-order valence-corrected chi connectivity index (χ2v) is 8.46. The highest BCUT2D eigenvalue weighted by atomic mass is 35.5. The molecule has 2 unspecified atom stereocenters. The Bertz CT molecular complexity index is 1000. The Morgan fingerprint density at radius 3 is 2.87 bits per heavy atom. The van der Waals surface area contributed by atoms with Gasteiger partial charge in [-0.25, -0.2) is 0 Å². The van der Waals surface area contributed by atoms with Crippen LogP contribution in [-0.4, -0.2) is 40.4 Å². The van der Waals surface area contributed by atoms with Gasteiger partial charge in [0.1, 0.15) is 12.6 Å². The number of ether oxygens (including phenoxy) is 1. The quantitative estimate of drug-likeness (QED) is 0.685. The molecule has 0 bridgehead atoms. The summed E-state index contributed by atoms with van der Waals surface area (Å²) in [4.78, 5) is 20.5. The maximum absolute atomic E-state index is 13.1. The summed E-state index contributed by atoms with van der Waals surface area (Å²) in [7, 11) is 0. The molecule has 0 spiro atoms. The molecular weight excluding hydrogens is 422 g/mol. The van der Waals surface area contributed by atoms with Crippen LogP contribution >= 0.6 is 22.9 Å². The number of aliphatic imine (C=N–C) groups is 1. The number of amides is 1. The summed E-state index contributed by atoms with van der Waals surface area (Å²) in [5.41, 5.74) is 0.853. The fourth-order valence-electron chi connectivity index (χ4n) is 3.55. The number of hydrogen-bond donors (Lipinski definition) is 2. The van der Waals surface area contributed by atoms with E-state index in [1.165, 1.54) is 11.3 Å². The van der Waals surface area contributed by atoms with Gasteiger partial charge in [-0.05, 0) is 36.1 Å². The van der Waals surface area contributed by atoms with Crippen molar-refractivity contribution in [3.8, 4) is 0 Å². The van der Waals surface area contributed by atoms with Gasteiger partial charge in [-0.15, -0.1) is 11.3 Å². The summed E-state index contributed by atoms with van der Waals surface area (Å²) in [5.74, 6) is 1.03. The molecule has 1 aromatic carbocycles. The molecule has 3 heterocycles. The number of carbonyl (C=O) groups excluding carboxylic acids is 1. The SMILES string of the molecule is CC1N=C2C(OCc3sccc3Cl)=CC=CN2C1C(=O)N[C@@H](CO)c1ccccc1. The molecule has 1 aromatic heterocycles. The van der Waals surface area contributed by atoms with Crippen LogP contribution in [0.15, 0.2) is 70.9 Å². The molecule has 8 heteroatoms. The monoisotopic (exact) mass is 443 g/mol. The molecule has 0 saturated heterocycles. The van der Waals surface area contributed by atoms with Crippen molar-refractivity contribution in [2.45, 2.75) is 31.7 Å². The van der Waals surface area contributed by atoms with E-state index >= 15 is 0 Å². The molecule has 6 nitrogen and oxygen atoms in total. The Morgan fingerprint density at radius 2 is 2.17 bits per heavy atom. The number of benzene rings is 1. The largest absolute Gasteiger partial charge is 0.484 e. The van der Waals surface area contributed by atoms with E-state index in [2.05, 4.69) is 10.3 Å². The van der Waals surface area contributed by atoms with Crippen LogP contribution in [0.2, 0.25) is 5.02 Å². The van der Waals surface area contributed by atoms with Crippen LogP contribution in [0.1, 0.15) is 23.4 Å². The number of allylic oxidation sites excluding steroid dienone is 2. The molecule has 2 N–H and O–H groups in total. The van der Waals surface area contributed by atoms with E-state index in [4.69, 9.17) is 16.3 Å². The van der Waals surface area contributed by atoms with Crippen LogP contribution in [0.25, 0.3) is 0 Å². The average molecular weight is 444 g/mol. The third kappa shape index (κ3) is 4.14. The highest BCUT2D eigenvalue weighted by Crippen LogP contribution is 2.29. The molecular formula is C22H22ClN3O3S. The number of nitrogens with zero attached hydrogens (tertiary/aromatic N) is 2. The van der Waals surface area contributed by atoms with Gasteiger partial charge in [-0.2, -0.15) is 0 Å². The first-order chi connectivity index (χ1) is 14.6. The van der Waals surface area contributed by atoms with Gasteiger partial charge in [0.2, 0.25) is 5.91 Å². The summed E-state index contributed by atoms with van der Waals surface area (Å²) in [6, 6.07) is 9.99. The Hall–Kier alpha value is -2.61. The Balaban J connectivity index is 1.46. The normalized spacial score (nSPS) is 21.0. The zero-order valence-corrected chi connectivity index (χ0v) is 17.9. The molecule has 0 fully saturated rings. The van der Waals surface area contributed by atoms with E-state index in [9.17, 15) is 9.90 Å². The van der Waals surface area contributed by atoms with E-state index in [1.54, 1.807) is 0 Å². The Labute approximate surface area is 184 Å². The van der Waals surface area contributed by atoms with Crippen LogP contribution in [0, 0.1) is 0 Å². The predicted octanol–water partition coefficient (Wildman–Crippen LogP) is 3.65. The number of rotatable bonds is 7. The second-order valence-electron chi connectivity index (χ2n) is 7.05. The number of amidine groups is 1. The molecule has 2 aromatic rings. The summed E-state index contributed by atoms with van der Waals surface area (Å²) in [6.07, 6.45) is 5.50. The molecule has 0 aliphatic carbocycles. The second kappa shape index (κ2) is 9.04. The number of aliphatic hydroxyl groups excluding tert-OH is 1. The van der Waals surface area contributed by atoms with Gasteiger partial charge < -0.3 is 20.1 Å². The lowest BCUT2D eigenvalue weighted by atomic mass is 10.1. The van der Waals surface area contributed by atoms with Crippen LogP contribution in [0.3, 0.4) is 0 Å². The Kier molecular flexibility index (Phi) is 6.22. The number of thiophene rings is 1. The van der Waals surface area contributed by atoms with Gasteiger partial charge in [-0.3, -0.25) is 9.79 Å². The molecule has 3 atom stereocenters. The molecule has 0 radical (unpaired) electrons. The number of halogens is 1. The van der Waals surface area contributed by atoms with Gasteiger partial charge in [0.05, 0.1) is 28.6 Å². The number of carbonyl (C=O) groups is 1. The number of aliphatic hydroxyl groups is 1. The molecule has 4 rings (SSSR count). The summed E-state index contributed by atoms with van der Waals surface area (Å²) in [5, 5.41) is 15.3. The third-order valence-corrected chi connectivity index (χ3v) is 6.42. The van der Waals surface area contributed by atoms with E-state index < -0.39 is 12.1 Å². The smallest absolute Gasteiger partial charge is 0.245 e. The maximum Gasteiger partial charge on any atom is 0.245 e. The lowest BCUT2D eigenvalue weighted by Crippen LogP contribution is -2.49. The first-order valence-corrected chi connectivity index (χ1v) is 10.9. The van der Waals surface area contributed by atoms with Crippen molar-refractivity contribution in [3.05, 3.63) is 81.4 Å². The zero-order chi connectivity index (χ0) is 21.1. The van der Waals surface area contributed by atoms with Crippen molar-refractivity contribution >= 4 is 34.7 Å². The van der Waals surface area contributed by atoms with Crippen LogP contribution in [0.4, 0.5) is 0 Å². The molecule has 1 amide bonds. The molecule has 2 aliphatic rings. The van der Waals surface area contributed by atoms with E-state index in [0.717, 1.165) is 10.4 Å². The van der Waals surface area contributed by atoms with E-state index in [-0.39, 0.29) is 18.6 Å². The predicted molar refractivity (Wildman–Crippen MR) is 118 cm³/mol. The first kappa shape index (κ1) is 20.7. The van der Waals surface area contributed by atoms with Crippen molar-refractivity contribution < 1.29 is 14.6 Å². The van der Waals surface area contributed by atoms with Crippen LogP contribution in [0.5, 0.6) is 0 Å². The molecule has 0 saturated carbocycles. The fourth-order valence-corrected chi connectivity index (χ4v) is 4.55. The third-order valence-electron chi connectivity index (χ3n) is 5.06.